The summed E-state index contributed by atoms with van der Waals surface area (Å²) in [5.74, 6) is 1.10. The summed E-state index contributed by atoms with van der Waals surface area (Å²) in [4.78, 5) is 8.98. The van der Waals surface area contributed by atoms with E-state index in [4.69, 9.17) is 5.73 Å². The molecule has 0 radical (unpaired) electrons. The van der Waals surface area contributed by atoms with Crippen LogP contribution in [0.15, 0.2) is 42.5 Å². The lowest BCUT2D eigenvalue weighted by Crippen LogP contribution is -2.34. The molecular weight excluding hydrogens is 416 g/mol. The maximum Gasteiger partial charge on any atom is 0.222 e. The molecule has 0 bridgehead atoms. The van der Waals surface area contributed by atoms with Crippen molar-refractivity contribution in [3.63, 3.8) is 0 Å². The molecule has 5 rings (SSSR count). The summed E-state index contributed by atoms with van der Waals surface area (Å²) >= 11 is 0. The Labute approximate surface area is 192 Å². The Hall–Kier alpha value is -3.36. The number of phenolic OH excluding ortho intramolecular Hbond substituents is 1. The van der Waals surface area contributed by atoms with E-state index >= 15 is 0 Å². The van der Waals surface area contributed by atoms with Gasteiger partial charge in [-0.15, -0.1) is 0 Å². The molecule has 0 saturated heterocycles. The number of benzene rings is 2. The van der Waals surface area contributed by atoms with Crippen molar-refractivity contribution in [1.82, 2.24) is 19.9 Å². The summed E-state index contributed by atoms with van der Waals surface area (Å²) in [5.41, 5.74) is 10.5. The van der Waals surface area contributed by atoms with E-state index < -0.39 is 0 Å². The van der Waals surface area contributed by atoms with Crippen LogP contribution in [0.1, 0.15) is 36.8 Å². The van der Waals surface area contributed by atoms with Gasteiger partial charge in [-0.25, -0.2) is 4.98 Å². The Kier molecular flexibility index (Phi) is 6.02. The van der Waals surface area contributed by atoms with Crippen molar-refractivity contribution in [3.05, 3.63) is 53.6 Å². The number of aromatic nitrogens is 3. The minimum atomic E-state index is 0.0928. The van der Waals surface area contributed by atoms with Crippen LogP contribution in [-0.4, -0.2) is 43.9 Å². The van der Waals surface area contributed by atoms with Crippen molar-refractivity contribution in [2.75, 3.05) is 24.2 Å². The lowest BCUT2D eigenvalue weighted by Gasteiger charge is -2.26. The van der Waals surface area contributed by atoms with Crippen molar-refractivity contribution in [2.45, 2.75) is 44.8 Å². The molecule has 8 heteroatoms. The third-order valence-electron chi connectivity index (χ3n) is 6.43. The van der Waals surface area contributed by atoms with Crippen LogP contribution < -0.4 is 16.4 Å². The first-order chi connectivity index (χ1) is 16.1. The fourth-order valence-corrected chi connectivity index (χ4v) is 4.42. The summed E-state index contributed by atoms with van der Waals surface area (Å²) in [5, 5.41) is 27.8. The highest BCUT2D eigenvalue weighted by molar-refractivity contribution is 6.09. The Morgan fingerprint density at radius 2 is 1.97 bits per heavy atom. The predicted molar refractivity (Wildman–Crippen MR) is 131 cm³/mol. The number of nitrogens with zero attached hydrogens (tertiary/aromatic N) is 3. The number of nitrogens with one attached hydrogen (secondary N) is 2. The first-order valence-corrected chi connectivity index (χ1v) is 11.6. The van der Waals surface area contributed by atoms with E-state index in [9.17, 15) is 10.2 Å². The molecule has 0 aliphatic heterocycles. The highest BCUT2D eigenvalue weighted by Crippen LogP contribution is 2.34. The largest absolute Gasteiger partial charge is 0.508 e. The molecule has 2 aromatic carbocycles. The number of phenols is 1. The van der Waals surface area contributed by atoms with Crippen LogP contribution in [0.2, 0.25) is 0 Å². The van der Waals surface area contributed by atoms with Gasteiger partial charge in [0.25, 0.3) is 0 Å². The number of fused-ring (bicyclic) bond motifs is 3. The van der Waals surface area contributed by atoms with Crippen molar-refractivity contribution in [3.8, 4) is 5.75 Å². The molecule has 0 unspecified atom stereocenters. The molecule has 0 atom stereocenters. The van der Waals surface area contributed by atoms with Gasteiger partial charge in [0.1, 0.15) is 16.8 Å². The number of hydrogen-bond donors (Lipinski definition) is 5. The van der Waals surface area contributed by atoms with Gasteiger partial charge in [-0.3, -0.25) is 0 Å². The molecule has 1 aliphatic rings. The number of anilines is 2. The van der Waals surface area contributed by atoms with Gasteiger partial charge in [-0.1, -0.05) is 36.8 Å². The van der Waals surface area contributed by atoms with Gasteiger partial charge in [0.15, 0.2) is 5.82 Å². The minimum absolute atomic E-state index is 0.0928. The van der Waals surface area contributed by atoms with Crippen molar-refractivity contribution < 1.29 is 10.2 Å². The van der Waals surface area contributed by atoms with Gasteiger partial charge in [0.2, 0.25) is 5.95 Å². The quantitative estimate of drug-likeness (QED) is 0.250. The number of aromatic hydroxyl groups is 1. The molecule has 6 N–H and O–H groups in total. The number of aliphatic hydroxyl groups is 1. The Bertz CT molecular complexity index is 1280. The molecular formula is C25H30N6O2. The maximum absolute atomic E-state index is 10.8. The third kappa shape index (κ3) is 4.31. The van der Waals surface area contributed by atoms with Crippen LogP contribution >= 0.6 is 0 Å². The fourth-order valence-electron chi connectivity index (χ4n) is 4.42. The molecule has 0 amide bonds. The summed E-state index contributed by atoms with van der Waals surface area (Å²) in [7, 11) is 0. The van der Waals surface area contributed by atoms with E-state index in [1.165, 1.54) is 19.3 Å². The van der Waals surface area contributed by atoms with Crippen LogP contribution in [-0.2, 0) is 13.1 Å². The Morgan fingerprint density at radius 3 is 2.73 bits per heavy atom. The average molecular weight is 447 g/mol. The molecule has 1 saturated carbocycles. The lowest BCUT2D eigenvalue weighted by atomic mass is 9.93. The van der Waals surface area contributed by atoms with E-state index in [0.29, 0.717) is 31.4 Å². The van der Waals surface area contributed by atoms with Gasteiger partial charge >= 0.3 is 0 Å². The molecule has 2 heterocycles. The summed E-state index contributed by atoms with van der Waals surface area (Å²) in [6.07, 6.45) is 4.37. The second-order valence-electron chi connectivity index (χ2n) is 8.71. The average Bonchev–Trinajstić information content (AvgIpc) is 3.08. The van der Waals surface area contributed by atoms with Crippen LogP contribution in [0.5, 0.6) is 5.75 Å². The number of hydrogen-bond acceptors (Lipinski definition) is 7. The molecule has 8 nitrogen and oxygen atoms in total. The third-order valence-corrected chi connectivity index (χ3v) is 6.43. The number of nitrogens with two attached hydrogens (primary N) is 1. The second kappa shape index (κ2) is 9.25. The molecule has 172 valence electrons. The van der Waals surface area contributed by atoms with Gasteiger partial charge in [-0.05, 0) is 37.0 Å². The van der Waals surface area contributed by atoms with Gasteiger partial charge in [-0.2, -0.15) is 4.98 Å². The molecule has 1 aliphatic carbocycles. The minimum Gasteiger partial charge on any atom is -0.508 e. The van der Waals surface area contributed by atoms with E-state index in [1.807, 2.05) is 36.4 Å². The molecule has 1 fully saturated rings. The van der Waals surface area contributed by atoms with Crippen molar-refractivity contribution in [1.29, 1.82) is 0 Å². The van der Waals surface area contributed by atoms with Crippen LogP contribution in [0.25, 0.3) is 21.9 Å². The molecule has 33 heavy (non-hydrogen) atoms. The molecule has 2 aromatic heterocycles. The smallest absolute Gasteiger partial charge is 0.222 e. The van der Waals surface area contributed by atoms with E-state index in [2.05, 4.69) is 31.2 Å². The normalized spacial score (nSPS) is 14.1. The summed E-state index contributed by atoms with van der Waals surface area (Å²) < 4.78 is 2.12. The zero-order valence-electron chi connectivity index (χ0n) is 18.6. The first-order valence-electron chi connectivity index (χ1n) is 11.6. The number of nitrogen functional groups attached to an aromatic ring is 1. The summed E-state index contributed by atoms with van der Waals surface area (Å²) in [6.45, 7) is 1.89. The van der Waals surface area contributed by atoms with Crippen LogP contribution in [0, 0.1) is 0 Å². The van der Waals surface area contributed by atoms with Crippen LogP contribution in [0.4, 0.5) is 11.8 Å². The van der Waals surface area contributed by atoms with Crippen LogP contribution in [0.3, 0.4) is 0 Å². The van der Waals surface area contributed by atoms with Gasteiger partial charge in [0, 0.05) is 36.7 Å². The van der Waals surface area contributed by atoms with E-state index in [-0.39, 0.29) is 18.3 Å². The van der Waals surface area contributed by atoms with Gasteiger partial charge in [0.05, 0.1) is 12.1 Å². The standard InChI is InChI=1S/C25H30N6O2/c26-25-29-22-19-7-1-2-8-20(19)31(23(22)24(30-25)27-11-4-12-32)15-17-10-9-16(13-21(17)33)14-28-18-5-3-6-18/h1-2,7-10,13,18,28,32-33H,3-6,11-12,14-15H2,(H3,26,27,29,30). The lowest BCUT2D eigenvalue weighted by molar-refractivity contribution is 0.292. The molecule has 0 spiro atoms. The Balaban J connectivity index is 1.52. The maximum atomic E-state index is 10.8. The van der Waals surface area contributed by atoms with E-state index in [1.54, 1.807) is 0 Å². The fraction of sp³-hybridized carbons (Fsp3) is 0.360. The molecule has 4 aromatic rings. The zero-order chi connectivity index (χ0) is 22.8. The summed E-state index contributed by atoms with van der Waals surface area (Å²) in [6, 6.07) is 14.5. The second-order valence-corrected chi connectivity index (χ2v) is 8.71. The predicted octanol–water partition coefficient (Wildman–Crippen LogP) is 3.36. The van der Waals surface area contributed by atoms with Crippen molar-refractivity contribution >= 4 is 33.7 Å². The topological polar surface area (TPSA) is 121 Å². The SMILES string of the molecule is Nc1nc(NCCCO)c2c(n1)c1ccccc1n2Cc1ccc(CNC2CCC2)cc1O. The first kappa shape index (κ1) is 21.5. The number of aliphatic hydroxyl groups excluding tert-OH is 1. The highest BCUT2D eigenvalue weighted by Gasteiger charge is 2.19. The number of para-hydroxylation sites is 1. The van der Waals surface area contributed by atoms with Gasteiger partial charge < -0.3 is 31.1 Å². The van der Waals surface area contributed by atoms with Crippen molar-refractivity contribution in [2.24, 2.45) is 0 Å². The number of rotatable bonds is 9. The van der Waals surface area contributed by atoms with E-state index in [0.717, 1.165) is 39.6 Å². The monoisotopic (exact) mass is 446 g/mol. The Morgan fingerprint density at radius 1 is 1.12 bits per heavy atom. The zero-order valence-corrected chi connectivity index (χ0v) is 18.6. The highest BCUT2D eigenvalue weighted by atomic mass is 16.3.